The molecule has 0 aliphatic carbocycles. The van der Waals surface area contributed by atoms with Crippen LogP contribution in [0.5, 0.6) is 0 Å². The van der Waals surface area contributed by atoms with E-state index in [2.05, 4.69) is 33.9 Å². The van der Waals surface area contributed by atoms with E-state index in [0.717, 1.165) is 6.29 Å². The molecule has 4 nitrogen and oxygen atoms in total. The first-order valence-electron chi connectivity index (χ1n) is 5.44. The number of hydrogen-bond acceptors (Lipinski definition) is 4. The average molecular weight is 248 g/mol. The molecule has 16 heavy (non-hydrogen) atoms. The minimum absolute atomic E-state index is 0.115. The molecule has 0 spiro atoms. The van der Waals surface area contributed by atoms with Crippen molar-refractivity contribution in [1.82, 2.24) is 0 Å². The topological polar surface area (TPSA) is 44.8 Å². The summed E-state index contributed by atoms with van der Waals surface area (Å²) in [7, 11) is -0.278. The van der Waals surface area contributed by atoms with Crippen molar-refractivity contribution in [2.45, 2.75) is 45.0 Å². The number of ether oxygens (including phenoxy) is 2. The van der Waals surface area contributed by atoms with Crippen LogP contribution >= 0.6 is 0 Å². The summed E-state index contributed by atoms with van der Waals surface area (Å²) < 4.78 is 15.8. The molecule has 0 heterocycles. The van der Waals surface area contributed by atoms with E-state index >= 15 is 0 Å². The van der Waals surface area contributed by atoms with Gasteiger partial charge in [0.15, 0.2) is 14.6 Å². The summed E-state index contributed by atoms with van der Waals surface area (Å²) in [5, 5.41) is 0.141. The van der Waals surface area contributed by atoms with Gasteiger partial charge in [0, 0.05) is 7.11 Å². The van der Waals surface area contributed by atoms with Crippen LogP contribution in [0.4, 0.5) is 0 Å². The minimum Gasteiger partial charge on any atom is -0.414 e. The SMILES string of the molecule is COCO[C@H](C=O)CO[Si](C)(C)C(C)(C)C. The largest absolute Gasteiger partial charge is 0.414 e. The van der Waals surface area contributed by atoms with Crippen molar-refractivity contribution in [3.8, 4) is 0 Å². The van der Waals surface area contributed by atoms with Crippen molar-refractivity contribution >= 4 is 14.6 Å². The summed E-state index contributed by atoms with van der Waals surface area (Å²) in [5.41, 5.74) is 0. The summed E-state index contributed by atoms with van der Waals surface area (Å²) >= 11 is 0. The van der Waals surface area contributed by atoms with Crippen molar-refractivity contribution in [1.29, 1.82) is 0 Å². The second kappa shape index (κ2) is 6.49. The fourth-order valence-corrected chi connectivity index (χ4v) is 1.80. The molecule has 0 aromatic heterocycles. The summed E-state index contributed by atoms with van der Waals surface area (Å²) in [6.07, 6.45) is 0.223. The van der Waals surface area contributed by atoms with E-state index in [4.69, 9.17) is 13.9 Å². The van der Waals surface area contributed by atoms with E-state index in [9.17, 15) is 4.79 Å². The minimum atomic E-state index is -1.80. The second-order valence-corrected chi connectivity index (χ2v) is 10.1. The van der Waals surface area contributed by atoms with Crippen LogP contribution in [-0.4, -0.2) is 41.2 Å². The van der Waals surface area contributed by atoms with Gasteiger partial charge in [-0.15, -0.1) is 0 Å². The normalized spacial score (nSPS) is 14.9. The maximum Gasteiger partial charge on any atom is 0.192 e. The Morgan fingerprint density at radius 3 is 2.25 bits per heavy atom. The molecule has 0 aliphatic heterocycles. The Balaban J connectivity index is 4.15. The number of carbonyl (C=O) groups is 1. The van der Waals surface area contributed by atoms with Crippen molar-refractivity contribution in [3.05, 3.63) is 0 Å². The first-order valence-corrected chi connectivity index (χ1v) is 8.35. The molecular weight excluding hydrogens is 224 g/mol. The zero-order chi connectivity index (χ0) is 12.8. The standard InChI is InChI=1S/C11H24O4Si/c1-11(2,3)16(5,6)15-8-10(7-12)14-9-13-4/h7,10H,8-9H2,1-6H3/t10-/m1/s1. The summed E-state index contributed by atoms with van der Waals surface area (Å²) in [5.74, 6) is 0. The number of rotatable bonds is 7. The third-order valence-electron chi connectivity index (χ3n) is 2.97. The molecular formula is C11H24O4Si. The molecule has 0 N–H and O–H groups in total. The molecule has 0 radical (unpaired) electrons. The molecule has 96 valence electrons. The van der Waals surface area contributed by atoms with Crippen molar-refractivity contribution < 1.29 is 18.7 Å². The maximum absolute atomic E-state index is 10.7. The Labute approximate surface area is 99.4 Å². The third kappa shape index (κ3) is 5.20. The third-order valence-corrected chi connectivity index (χ3v) is 7.47. The smallest absolute Gasteiger partial charge is 0.192 e. The van der Waals surface area contributed by atoms with Gasteiger partial charge < -0.3 is 18.7 Å². The van der Waals surface area contributed by atoms with Crippen molar-refractivity contribution in [2.24, 2.45) is 0 Å². The highest BCUT2D eigenvalue weighted by molar-refractivity contribution is 6.74. The number of aldehydes is 1. The molecule has 0 bridgehead atoms. The van der Waals surface area contributed by atoms with Gasteiger partial charge in [-0.3, -0.25) is 0 Å². The maximum atomic E-state index is 10.7. The molecule has 5 heteroatoms. The van der Waals surface area contributed by atoms with Crippen LogP contribution in [0.25, 0.3) is 0 Å². The number of hydrogen-bond donors (Lipinski definition) is 0. The molecule has 0 aromatic rings. The number of carbonyl (C=O) groups excluding carboxylic acids is 1. The lowest BCUT2D eigenvalue weighted by atomic mass is 10.2. The van der Waals surface area contributed by atoms with Crippen LogP contribution < -0.4 is 0 Å². The van der Waals surface area contributed by atoms with E-state index in [-0.39, 0.29) is 11.8 Å². The fourth-order valence-electron chi connectivity index (χ4n) is 0.789. The van der Waals surface area contributed by atoms with Crippen LogP contribution in [0.15, 0.2) is 0 Å². The molecule has 0 rings (SSSR count). The Bertz CT molecular complexity index is 211. The Morgan fingerprint density at radius 2 is 1.88 bits per heavy atom. The fraction of sp³-hybridized carbons (Fsp3) is 0.909. The van der Waals surface area contributed by atoms with Gasteiger partial charge in [-0.25, -0.2) is 0 Å². The Kier molecular flexibility index (Phi) is 6.40. The predicted octanol–water partition coefficient (Wildman–Crippen LogP) is 2.20. The second-order valence-electron chi connectivity index (χ2n) is 5.32. The average Bonchev–Trinajstić information content (AvgIpc) is 2.16. The van der Waals surface area contributed by atoms with Gasteiger partial charge in [0.1, 0.15) is 12.9 Å². The van der Waals surface area contributed by atoms with Gasteiger partial charge in [0.2, 0.25) is 0 Å². The first kappa shape index (κ1) is 15.8. The van der Waals surface area contributed by atoms with Crippen molar-refractivity contribution in [2.75, 3.05) is 20.5 Å². The van der Waals surface area contributed by atoms with Gasteiger partial charge in [-0.1, -0.05) is 20.8 Å². The quantitative estimate of drug-likeness (QED) is 0.393. The van der Waals surface area contributed by atoms with E-state index in [1.807, 2.05) is 0 Å². The van der Waals surface area contributed by atoms with Crippen molar-refractivity contribution in [3.63, 3.8) is 0 Å². The van der Waals surface area contributed by atoms with Gasteiger partial charge in [-0.05, 0) is 18.1 Å². The zero-order valence-electron chi connectivity index (χ0n) is 11.2. The van der Waals surface area contributed by atoms with Gasteiger partial charge >= 0.3 is 0 Å². The highest BCUT2D eigenvalue weighted by Gasteiger charge is 2.37. The van der Waals surface area contributed by atoms with Crippen LogP contribution in [0.1, 0.15) is 20.8 Å². The molecule has 1 atom stereocenters. The summed E-state index contributed by atoms with van der Waals surface area (Å²) in [4.78, 5) is 10.7. The lowest BCUT2D eigenvalue weighted by molar-refractivity contribution is -0.130. The van der Waals surface area contributed by atoms with Crippen LogP contribution in [0.2, 0.25) is 18.1 Å². The van der Waals surface area contributed by atoms with E-state index in [0.29, 0.717) is 6.61 Å². The molecule has 0 fully saturated rings. The Morgan fingerprint density at radius 1 is 1.31 bits per heavy atom. The molecule has 0 saturated carbocycles. The lowest BCUT2D eigenvalue weighted by Gasteiger charge is -2.36. The molecule has 0 saturated heterocycles. The Hall–Kier alpha value is -0.233. The van der Waals surface area contributed by atoms with E-state index in [1.54, 1.807) is 0 Å². The monoisotopic (exact) mass is 248 g/mol. The first-order chi connectivity index (χ1) is 7.24. The van der Waals surface area contributed by atoms with Crippen LogP contribution in [0, 0.1) is 0 Å². The highest BCUT2D eigenvalue weighted by Crippen LogP contribution is 2.36. The molecule has 0 aliphatic rings. The molecule has 0 unspecified atom stereocenters. The van der Waals surface area contributed by atoms with Gasteiger partial charge in [0.25, 0.3) is 0 Å². The zero-order valence-corrected chi connectivity index (χ0v) is 12.2. The predicted molar refractivity (Wildman–Crippen MR) is 66.0 cm³/mol. The van der Waals surface area contributed by atoms with Crippen LogP contribution in [0.3, 0.4) is 0 Å². The van der Waals surface area contributed by atoms with Crippen LogP contribution in [-0.2, 0) is 18.7 Å². The number of methoxy groups -OCH3 is 1. The summed E-state index contributed by atoms with van der Waals surface area (Å²) in [6.45, 7) is 11.2. The van der Waals surface area contributed by atoms with Gasteiger partial charge in [0.05, 0.1) is 6.61 Å². The van der Waals surface area contributed by atoms with Gasteiger partial charge in [-0.2, -0.15) is 0 Å². The summed E-state index contributed by atoms with van der Waals surface area (Å²) in [6, 6.07) is 0. The van der Waals surface area contributed by atoms with E-state index < -0.39 is 14.4 Å². The molecule has 0 amide bonds. The lowest BCUT2D eigenvalue weighted by Crippen LogP contribution is -2.43. The van der Waals surface area contributed by atoms with E-state index in [1.165, 1.54) is 7.11 Å². The highest BCUT2D eigenvalue weighted by atomic mass is 28.4. The molecule has 0 aromatic carbocycles.